The van der Waals surface area contributed by atoms with Crippen LogP contribution >= 0.6 is 0 Å². The molecule has 0 aliphatic carbocycles. The van der Waals surface area contributed by atoms with E-state index in [1.807, 2.05) is 0 Å². The standard InChI is InChI=1S/C15H24N2/c1-11-9-12(2)17(13(3)15(11)16)10-14-7-5-4-6-8-14/h4-8,11-13,15H,9-10,16H2,1-3H3/t11-,12+,13+,15+/m1/s1. The molecule has 17 heavy (non-hydrogen) atoms. The van der Waals surface area contributed by atoms with Crippen molar-refractivity contribution in [2.75, 3.05) is 0 Å². The minimum absolute atomic E-state index is 0.301. The Labute approximate surface area is 105 Å². The van der Waals surface area contributed by atoms with E-state index >= 15 is 0 Å². The number of nitrogens with two attached hydrogens (primary N) is 1. The molecule has 2 nitrogen and oxygen atoms in total. The SMILES string of the molecule is C[C@@H]1C[C@H](C)N(Cc2ccccc2)[C@@H](C)[C@H]1N. The van der Waals surface area contributed by atoms with Gasteiger partial charge in [-0.25, -0.2) is 0 Å². The molecule has 0 aromatic heterocycles. The number of piperidine rings is 1. The maximum absolute atomic E-state index is 6.29. The van der Waals surface area contributed by atoms with Crippen LogP contribution in [0.5, 0.6) is 0 Å². The van der Waals surface area contributed by atoms with Gasteiger partial charge < -0.3 is 5.73 Å². The Hall–Kier alpha value is -0.860. The molecule has 94 valence electrons. The van der Waals surface area contributed by atoms with Crippen molar-refractivity contribution in [3.05, 3.63) is 35.9 Å². The first-order chi connectivity index (χ1) is 8.09. The van der Waals surface area contributed by atoms with Gasteiger partial charge in [0, 0.05) is 24.7 Å². The second-order valence-electron chi connectivity index (χ2n) is 5.54. The van der Waals surface area contributed by atoms with Gasteiger partial charge in [0.25, 0.3) is 0 Å². The van der Waals surface area contributed by atoms with Gasteiger partial charge in [0.2, 0.25) is 0 Å². The molecule has 1 aliphatic rings. The molecule has 0 unspecified atom stereocenters. The molecule has 2 heteroatoms. The van der Waals surface area contributed by atoms with Gasteiger partial charge >= 0.3 is 0 Å². The predicted octanol–water partition coefficient (Wildman–Crippen LogP) is 2.63. The van der Waals surface area contributed by atoms with Gasteiger partial charge in [-0.15, -0.1) is 0 Å². The minimum atomic E-state index is 0.301. The van der Waals surface area contributed by atoms with Crippen LogP contribution in [0.2, 0.25) is 0 Å². The van der Waals surface area contributed by atoms with Crippen LogP contribution in [-0.4, -0.2) is 23.0 Å². The monoisotopic (exact) mass is 232 g/mol. The van der Waals surface area contributed by atoms with Crippen LogP contribution in [0.25, 0.3) is 0 Å². The average Bonchev–Trinajstić information content (AvgIpc) is 2.33. The van der Waals surface area contributed by atoms with Crippen LogP contribution in [0.15, 0.2) is 30.3 Å². The van der Waals surface area contributed by atoms with Crippen molar-refractivity contribution in [1.29, 1.82) is 0 Å². The number of hydrogen-bond acceptors (Lipinski definition) is 2. The van der Waals surface area contributed by atoms with Gasteiger partial charge in [-0.3, -0.25) is 4.90 Å². The molecule has 0 bridgehead atoms. The summed E-state index contributed by atoms with van der Waals surface area (Å²) in [6.45, 7) is 7.88. The first-order valence-electron chi connectivity index (χ1n) is 6.65. The Morgan fingerprint density at radius 3 is 2.47 bits per heavy atom. The molecule has 2 rings (SSSR count). The fourth-order valence-electron chi connectivity index (χ4n) is 3.02. The highest BCUT2D eigenvalue weighted by Crippen LogP contribution is 2.28. The van der Waals surface area contributed by atoms with Crippen molar-refractivity contribution in [1.82, 2.24) is 4.90 Å². The fraction of sp³-hybridized carbons (Fsp3) is 0.600. The summed E-state index contributed by atoms with van der Waals surface area (Å²) in [5, 5.41) is 0. The summed E-state index contributed by atoms with van der Waals surface area (Å²) in [4.78, 5) is 2.54. The van der Waals surface area contributed by atoms with E-state index in [1.165, 1.54) is 12.0 Å². The van der Waals surface area contributed by atoms with Crippen LogP contribution in [0.1, 0.15) is 32.8 Å². The molecule has 1 fully saturated rings. The molecule has 0 radical (unpaired) electrons. The normalized spacial score (nSPS) is 34.8. The third-order valence-corrected chi connectivity index (χ3v) is 4.22. The third-order valence-electron chi connectivity index (χ3n) is 4.22. The quantitative estimate of drug-likeness (QED) is 0.849. The van der Waals surface area contributed by atoms with Crippen LogP contribution in [0, 0.1) is 5.92 Å². The highest BCUT2D eigenvalue weighted by atomic mass is 15.2. The number of benzene rings is 1. The maximum atomic E-state index is 6.29. The summed E-state index contributed by atoms with van der Waals surface area (Å²) < 4.78 is 0. The molecule has 1 heterocycles. The van der Waals surface area contributed by atoms with Crippen LogP contribution in [-0.2, 0) is 6.54 Å². The summed E-state index contributed by atoms with van der Waals surface area (Å²) in [5.41, 5.74) is 7.67. The molecule has 1 aromatic rings. The second kappa shape index (κ2) is 5.19. The first kappa shape index (κ1) is 12.6. The maximum Gasteiger partial charge on any atom is 0.0240 e. The Balaban J connectivity index is 2.09. The van der Waals surface area contributed by atoms with E-state index in [2.05, 4.69) is 56.0 Å². The largest absolute Gasteiger partial charge is 0.326 e. The zero-order chi connectivity index (χ0) is 12.4. The molecular formula is C15H24N2. The number of likely N-dealkylation sites (tertiary alicyclic amines) is 1. The topological polar surface area (TPSA) is 29.3 Å². The highest BCUT2D eigenvalue weighted by molar-refractivity contribution is 5.15. The van der Waals surface area contributed by atoms with Crippen molar-refractivity contribution in [2.24, 2.45) is 11.7 Å². The zero-order valence-electron chi connectivity index (χ0n) is 11.1. The Kier molecular flexibility index (Phi) is 3.85. The van der Waals surface area contributed by atoms with E-state index in [1.54, 1.807) is 0 Å². The fourth-order valence-corrected chi connectivity index (χ4v) is 3.02. The second-order valence-corrected chi connectivity index (χ2v) is 5.54. The van der Waals surface area contributed by atoms with Gasteiger partial charge in [-0.2, -0.15) is 0 Å². The van der Waals surface area contributed by atoms with E-state index in [9.17, 15) is 0 Å². The lowest BCUT2D eigenvalue weighted by Gasteiger charge is -2.45. The van der Waals surface area contributed by atoms with E-state index in [4.69, 9.17) is 5.73 Å². The van der Waals surface area contributed by atoms with Gasteiger partial charge in [0.05, 0.1) is 0 Å². The lowest BCUT2D eigenvalue weighted by atomic mass is 9.84. The molecule has 0 saturated carbocycles. The highest BCUT2D eigenvalue weighted by Gasteiger charge is 2.34. The number of nitrogens with zero attached hydrogens (tertiary/aromatic N) is 1. The predicted molar refractivity (Wildman–Crippen MR) is 72.7 cm³/mol. The summed E-state index contributed by atoms with van der Waals surface area (Å²) >= 11 is 0. The Morgan fingerprint density at radius 1 is 1.18 bits per heavy atom. The van der Waals surface area contributed by atoms with E-state index < -0.39 is 0 Å². The Morgan fingerprint density at radius 2 is 1.82 bits per heavy atom. The molecule has 1 aliphatic heterocycles. The molecule has 2 N–H and O–H groups in total. The van der Waals surface area contributed by atoms with Crippen molar-refractivity contribution in [3.63, 3.8) is 0 Å². The van der Waals surface area contributed by atoms with Crippen LogP contribution in [0.3, 0.4) is 0 Å². The van der Waals surface area contributed by atoms with Gasteiger partial charge in [0.1, 0.15) is 0 Å². The van der Waals surface area contributed by atoms with E-state index in [0.717, 1.165) is 6.54 Å². The van der Waals surface area contributed by atoms with Gasteiger partial charge in [-0.1, -0.05) is 37.3 Å². The zero-order valence-corrected chi connectivity index (χ0v) is 11.1. The third kappa shape index (κ3) is 2.70. The molecular weight excluding hydrogens is 208 g/mol. The summed E-state index contributed by atoms with van der Waals surface area (Å²) in [7, 11) is 0. The minimum Gasteiger partial charge on any atom is -0.326 e. The molecule has 0 spiro atoms. The molecule has 0 amide bonds. The summed E-state index contributed by atoms with van der Waals surface area (Å²) in [6.07, 6.45) is 1.21. The molecule has 1 aromatic carbocycles. The smallest absolute Gasteiger partial charge is 0.0240 e. The van der Waals surface area contributed by atoms with Crippen LogP contribution < -0.4 is 5.73 Å². The molecule has 1 saturated heterocycles. The average molecular weight is 232 g/mol. The Bertz CT molecular complexity index is 349. The van der Waals surface area contributed by atoms with Gasteiger partial charge in [-0.05, 0) is 31.7 Å². The lowest BCUT2D eigenvalue weighted by Crippen LogP contribution is -2.57. The van der Waals surface area contributed by atoms with Crippen molar-refractivity contribution >= 4 is 0 Å². The number of rotatable bonds is 2. The molecule has 4 atom stereocenters. The van der Waals surface area contributed by atoms with Crippen molar-refractivity contribution in [3.8, 4) is 0 Å². The lowest BCUT2D eigenvalue weighted by molar-refractivity contribution is 0.0500. The van der Waals surface area contributed by atoms with E-state index in [0.29, 0.717) is 24.0 Å². The van der Waals surface area contributed by atoms with Crippen molar-refractivity contribution in [2.45, 2.75) is 51.9 Å². The summed E-state index contributed by atoms with van der Waals surface area (Å²) in [6, 6.07) is 12.1. The van der Waals surface area contributed by atoms with Crippen LogP contribution in [0.4, 0.5) is 0 Å². The van der Waals surface area contributed by atoms with Crippen molar-refractivity contribution < 1.29 is 0 Å². The first-order valence-corrected chi connectivity index (χ1v) is 6.65. The van der Waals surface area contributed by atoms with Gasteiger partial charge in [0.15, 0.2) is 0 Å². The summed E-state index contributed by atoms with van der Waals surface area (Å²) in [5.74, 6) is 0.632. The number of hydrogen-bond donors (Lipinski definition) is 1. The van der Waals surface area contributed by atoms with E-state index in [-0.39, 0.29) is 0 Å².